The number of urea groups is 1. The van der Waals surface area contributed by atoms with Gasteiger partial charge in [-0.25, -0.2) is 4.79 Å². The van der Waals surface area contributed by atoms with Crippen LogP contribution in [0.2, 0.25) is 5.02 Å². The topological polar surface area (TPSA) is 32.8 Å². The summed E-state index contributed by atoms with van der Waals surface area (Å²) in [5.41, 5.74) is 2.28. The summed E-state index contributed by atoms with van der Waals surface area (Å²) in [5, 5.41) is 0.594. The maximum atomic E-state index is 13.6. The molecule has 0 N–H and O–H groups in total. The normalized spacial score (nSPS) is 15.7. The molecule has 4 aromatic rings. The molecule has 2 amide bonds. The highest BCUT2D eigenvalue weighted by Crippen LogP contribution is 2.38. The number of alkyl halides is 3. The zero-order chi connectivity index (χ0) is 26.9. The van der Waals surface area contributed by atoms with E-state index in [9.17, 15) is 18.0 Å². The molecular formula is C30H24ClF3N2O2. The lowest BCUT2D eigenvalue weighted by Gasteiger charge is -2.24. The summed E-state index contributed by atoms with van der Waals surface area (Å²) in [6.07, 6.45) is -4.48. The minimum Gasteiger partial charge on any atom is -0.457 e. The number of ether oxygens (including phenoxy) is 1. The number of amides is 2. The Bertz CT molecular complexity index is 1420. The van der Waals surface area contributed by atoms with Crippen LogP contribution in [0.5, 0.6) is 11.5 Å². The second-order valence-corrected chi connectivity index (χ2v) is 9.64. The zero-order valence-electron chi connectivity index (χ0n) is 20.5. The lowest BCUT2D eigenvalue weighted by Crippen LogP contribution is -2.32. The number of halogens is 4. The molecule has 0 spiro atoms. The van der Waals surface area contributed by atoms with E-state index in [1.807, 2.05) is 31.2 Å². The average molecular weight is 537 g/mol. The van der Waals surface area contributed by atoms with Gasteiger partial charge in [0.1, 0.15) is 11.5 Å². The summed E-state index contributed by atoms with van der Waals surface area (Å²) in [6.45, 7) is 2.58. The van der Waals surface area contributed by atoms with Crippen LogP contribution in [0.15, 0.2) is 97.1 Å². The number of carbonyl (C=O) groups excluding carboxylic acids is 1. The first-order valence-electron chi connectivity index (χ1n) is 12.0. The number of nitrogens with zero attached hydrogens (tertiary/aromatic N) is 2. The van der Waals surface area contributed by atoms with E-state index < -0.39 is 17.8 Å². The van der Waals surface area contributed by atoms with E-state index in [-0.39, 0.29) is 12.6 Å². The van der Waals surface area contributed by atoms with Crippen LogP contribution in [-0.4, -0.2) is 17.5 Å². The van der Waals surface area contributed by atoms with Crippen LogP contribution < -0.4 is 9.64 Å². The molecule has 194 valence electrons. The molecule has 0 aromatic heterocycles. The minimum atomic E-state index is -4.48. The largest absolute Gasteiger partial charge is 0.457 e. The first kappa shape index (κ1) is 25.7. The van der Waals surface area contributed by atoms with Crippen LogP contribution in [0, 0.1) is 6.92 Å². The molecule has 4 aromatic carbocycles. The van der Waals surface area contributed by atoms with E-state index in [0.29, 0.717) is 34.3 Å². The Hall–Kier alpha value is -3.97. The quantitative estimate of drug-likeness (QED) is 0.247. The Morgan fingerprint density at radius 3 is 2.16 bits per heavy atom. The SMILES string of the molecule is Cc1ccc(CN2CC(c3cccc(C(F)(F)F)c3)N(c3ccc(Oc4ccc(Cl)cc4)cc3)C2=O)cc1. The molecule has 1 saturated heterocycles. The predicted molar refractivity (Wildman–Crippen MR) is 142 cm³/mol. The Labute approximate surface area is 223 Å². The van der Waals surface area contributed by atoms with E-state index in [2.05, 4.69) is 0 Å². The maximum absolute atomic E-state index is 13.6. The van der Waals surface area contributed by atoms with Gasteiger partial charge in [0.2, 0.25) is 0 Å². The molecule has 8 heteroatoms. The highest BCUT2D eigenvalue weighted by atomic mass is 35.5. The Kier molecular flexibility index (Phi) is 7.04. The number of aryl methyl sites for hydroxylation is 1. The first-order valence-corrected chi connectivity index (χ1v) is 12.4. The van der Waals surface area contributed by atoms with Gasteiger partial charge in [-0.05, 0) is 78.7 Å². The van der Waals surface area contributed by atoms with Crippen molar-refractivity contribution >= 4 is 23.3 Å². The van der Waals surface area contributed by atoms with Crippen molar-refractivity contribution in [3.8, 4) is 11.5 Å². The van der Waals surface area contributed by atoms with Gasteiger partial charge in [-0.3, -0.25) is 4.90 Å². The van der Waals surface area contributed by atoms with Crippen LogP contribution in [0.4, 0.5) is 23.7 Å². The van der Waals surface area contributed by atoms with E-state index in [0.717, 1.165) is 23.3 Å². The third-order valence-electron chi connectivity index (χ3n) is 6.44. The Balaban J connectivity index is 1.45. The summed E-state index contributed by atoms with van der Waals surface area (Å²) in [5.74, 6) is 1.15. The van der Waals surface area contributed by atoms with E-state index >= 15 is 0 Å². The van der Waals surface area contributed by atoms with Crippen molar-refractivity contribution in [2.75, 3.05) is 11.4 Å². The Morgan fingerprint density at radius 1 is 0.895 bits per heavy atom. The fourth-order valence-electron chi connectivity index (χ4n) is 4.48. The summed E-state index contributed by atoms with van der Waals surface area (Å²) in [7, 11) is 0. The van der Waals surface area contributed by atoms with Crippen LogP contribution in [0.25, 0.3) is 0 Å². The lowest BCUT2D eigenvalue weighted by atomic mass is 10.0. The van der Waals surface area contributed by atoms with E-state index in [1.165, 1.54) is 6.07 Å². The van der Waals surface area contributed by atoms with Crippen LogP contribution in [-0.2, 0) is 12.7 Å². The third-order valence-corrected chi connectivity index (χ3v) is 6.69. The average Bonchev–Trinajstić information content (AvgIpc) is 3.22. The number of hydrogen-bond donors (Lipinski definition) is 0. The summed E-state index contributed by atoms with van der Waals surface area (Å²) < 4.78 is 46.3. The summed E-state index contributed by atoms with van der Waals surface area (Å²) in [4.78, 5) is 16.8. The van der Waals surface area contributed by atoms with Crippen LogP contribution in [0.1, 0.15) is 28.3 Å². The van der Waals surface area contributed by atoms with Crippen molar-refractivity contribution in [2.45, 2.75) is 25.7 Å². The minimum absolute atomic E-state index is 0.247. The number of carbonyl (C=O) groups is 1. The van der Waals surface area contributed by atoms with Gasteiger partial charge in [-0.15, -0.1) is 0 Å². The molecule has 1 aliphatic rings. The molecule has 0 bridgehead atoms. The van der Waals surface area contributed by atoms with Gasteiger partial charge in [-0.1, -0.05) is 53.6 Å². The highest BCUT2D eigenvalue weighted by molar-refractivity contribution is 6.30. The van der Waals surface area contributed by atoms with Gasteiger partial charge in [-0.2, -0.15) is 13.2 Å². The molecule has 5 rings (SSSR count). The molecule has 1 aliphatic heterocycles. The van der Waals surface area contributed by atoms with Crippen molar-refractivity contribution in [2.24, 2.45) is 0 Å². The van der Waals surface area contributed by atoms with Gasteiger partial charge in [0, 0.05) is 23.8 Å². The van der Waals surface area contributed by atoms with E-state index in [1.54, 1.807) is 64.4 Å². The molecule has 0 saturated carbocycles. The molecule has 38 heavy (non-hydrogen) atoms. The molecule has 1 fully saturated rings. The summed E-state index contributed by atoms with van der Waals surface area (Å²) in [6, 6.07) is 26.0. The van der Waals surface area contributed by atoms with Gasteiger partial charge >= 0.3 is 12.2 Å². The van der Waals surface area contributed by atoms with Gasteiger partial charge in [0.05, 0.1) is 11.6 Å². The summed E-state index contributed by atoms with van der Waals surface area (Å²) >= 11 is 5.93. The highest BCUT2D eigenvalue weighted by Gasteiger charge is 2.40. The van der Waals surface area contributed by atoms with Gasteiger partial charge < -0.3 is 9.64 Å². The smallest absolute Gasteiger partial charge is 0.416 e. The standard InChI is InChI=1S/C30H24ClF3N2O2/c1-20-5-7-21(8-6-20)18-35-19-28(22-3-2-4-23(17-22)30(32,33)34)36(29(35)37)25-11-15-27(16-12-25)38-26-13-9-24(31)10-14-26/h2-17,28H,18-19H2,1H3. The first-order chi connectivity index (χ1) is 18.2. The van der Waals surface area contributed by atoms with Crippen molar-refractivity contribution in [3.05, 3.63) is 124 Å². The van der Waals surface area contributed by atoms with Gasteiger partial charge in [0.25, 0.3) is 0 Å². The second-order valence-electron chi connectivity index (χ2n) is 9.21. The molecular weight excluding hydrogens is 513 g/mol. The van der Waals surface area contributed by atoms with Crippen molar-refractivity contribution < 1.29 is 22.7 Å². The molecule has 1 unspecified atom stereocenters. The predicted octanol–water partition coefficient (Wildman–Crippen LogP) is 8.64. The third kappa shape index (κ3) is 5.63. The fourth-order valence-corrected chi connectivity index (χ4v) is 4.61. The van der Waals surface area contributed by atoms with Crippen molar-refractivity contribution in [3.63, 3.8) is 0 Å². The lowest BCUT2D eigenvalue weighted by molar-refractivity contribution is -0.137. The van der Waals surface area contributed by atoms with E-state index in [4.69, 9.17) is 16.3 Å². The van der Waals surface area contributed by atoms with Crippen LogP contribution >= 0.6 is 11.6 Å². The number of anilines is 1. The molecule has 0 radical (unpaired) electrons. The number of benzene rings is 4. The molecule has 1 heterocycles. The molecule has 1 atom stereocenters. The Morgan fingerprint density at radius 2 is 1.53 bits per heavy atom. The van der Waals surface area contributed by atoms with Crippen LogP contribution in [0.3, 0.4) is 0 Å². The second kappa shape index (κ2) is 10.4. The maximum Gasteiger partial charge on any atom is 0.416 e. The zero-order valence-corrected chi connectivity index (χ0v) is 21.2. The fraction of sp³-hybridized carbons (Fsp3) is 0.167. The van der Waals surface area contributed by atoms with Crippen molar-refractivity contribution in [1.29, 1.82) is 0 Å². The number of hydrogen-bond acceptors (Lipinski definition) is 2. The van der Waals surface area contributed by atoms with Gasteiger partial charge in [0.15, 0.2) is 0 Å². The van der Waals surface area contributed by atoms with Crippen molar-refractivity contribution in [1.82, 2.24) is 4.90 Å². The number of rotatable bonds is 6. The monoisotopic (exact) mass is 536 g/mol. The molecule has 0 aliphatic carbocycles. The molecule has 4 nitrogen and oxygen atoms in total.